The standard InChI is InChI=1S/C30H35ClFN3O5/c1-18(2)38-28-23(31)14-20(16-34-28)39-26-15-24(32)19(13-22(26)21-9-7-11-33-27(21)37-6)17-35-12-8-10-25(35)29(36)40-30(3,4)5/h7,9,11,13-16,18,25H,8,10,12,17H2,1-6H3/t25-/m0/s1. The van der Waals surface area contributed by atoms with Crippen LogP contribution in [-0.4, -0.2) is 52.2 Å². The highest BCUT2D eigenvalue weighted by Crippen LogP contribution is 2.40. The largest absolute Gasteiger partial charge is 0.481 e. The predicted octanol–water partition coefficient (Wildman–Crippen LogP) is 6.83. The van der Waals surface area contributed by atoms with Gasteiger partial charge in [0.1, 0.15) is 34.0 Å². The predicted molar refractivity (Wildman–Crippen MR) is 151 cm³/mol. The summed E-state index contributed by atoms with van der Waals surface area (Å²) in [7, 11) is 1.52. The van der Waals surface area contributed by atoms with Gasteiger partial charge in [-0.2, -0.15) is 0 Å². The van der Waals surface area contributed by atoms with Gasteiger partial charge in [0.15, 0.2) is 0 Å². The fraction of sp³-hybridized carbons (Fsp3) is 0.433. The van der Waals surface area contributed by atoms with Gasteiger partial charge in [-0.15, -0.1) is 0 Å². The fourth-order valence-electron chi connectivity index (χ4n) is 4.55. The normalized spacial score (nSPS) is 15.8. The average molecular weight is 572 g/mol. The second-order valence-corrected chi connectivity index (χ2v) is 11.3. The van der Waals surface area contributed by atoms with Crippen LogP contribution in [0.25, 0.3) is 11.1 Å². The molecule has 1 aliphatic rings. The number of carbonyl (C=O) groups excluding carboxylic acids is 1. The first-order valence-corrected chi connectivity index (χ1v) is 13.6. The third kappa shape index (κ3) is 7.20. The molecule has 1 aromatic carbocycles. The van der Waals surface area contributed by atoms with E-state index in [0.29, 0.717) is 41.3 Å². The Morgan fingerprint density at radius 3 is 2.62 bits per heavy atom. The van der Waals surface area contributed by atoms with Gasteiger partial charge in [-0.05, 0) is 72.2 Å². The van der Waals surface area contributed by atoms with Crippen molar-refractivity contribution in [1.29, 1.82) is 0 Å². The Morgan fingerprint density at radius 1 is 1.18 bits per heavy atom. The summed E-state index contributed by atoms with van der Waals surface area (Å²) >= 11 is 6.36. The van der Waals surface area contributed by atoms with E-state index in [1.807, 2.05) is 45.6 Å². The lowest BCUT2D eigenvalue weighted by molar-refractivity contribution is -0.160. The van der Waals surface area contributed by atoms with Gasteiger partial charge in [-0.3, -0.25) is 9.69 Å². The number of esters is 1. The molecule has 0 radical (unpaired) electrons. The molecule has 3 heterocycles. The second kappa shape index (κ2) is 12.4. The van der Waals surface area contributed by atoms with Crippen molar-refractivity contribution in [2.75, 3.05) is 13.7 Å². The summed E-state index contributed by atoms with van der Waals surface area (Å²) in [5, 5.41) is 0.269. The van der Waals surface area contributed by atoms with Crippen LogP contribution in [0.5, 0.6) is 23.3 Å². The molecule has 0 spiro atoms. The third-order valence-corrected chi connectivity index (χ3v) is 6.45. The van der Waals surface area contributed by atoms with E-state index in [9.17, 15) is 4.79 Å². The zero-order valence-corrected chi connectivity index (χ0v) is 24.4. The molecule has 1 saturated heterocycles. The van der Waals surface area contributed by atoms with E-state index in [-0.39, 0.29) is 35.3 Å². The Hall–Kier alpha value is -3.43. The molecule has 2 aromatic heterocycles. The first-order chi connectivity index (χ1) is 18.9. The molecule has 1 atom stereocenters. The number of hydrogen-bond acceptors (Lipinski definition) is 8. The van der Waals surface area contributed by atoms with E-state index in [1.54, 1.807) is 24.4 Å². The number of methoxy groups -OCH3 is 1. The highest BCUT2D eigenvalue weighted by molar-refractivity contribution is 6.31. The van der Waals surface area contributed by atoms with Gasteiger partial charge in [0, 0.05) is 41.6 Å². The molecule has 0 saturated carbocycles. The molecule has 1 fully saturated rings. The molecule has 214 valence electrons. The third-order valence-electron chi connectivity index (χ3n) is 6.18. The maximum atomic E-state index is 15.6. The molecule has 1 aliphatic heterocycles. The summed E-state index contributed by atoms with van der Waals surface area (Å²) in [5.74, 6) is 0.401. The second-order valence-electron chi connectivity index (χ2n) is 10.9. The van der Waals surface area contributed by atoms with E-state index in [4.69, 9.17) is 30.5 Å². The maximum absolute atomic E-state index is 15.6. The van der Waals surface area contributed by atoms with Gasteiger partial charge in [0.05, 0.1) is 19.4 Å². The van der Waals surface area contributed by atoms with Crippen molar-refractivity contribution in [1.82, 2.24) is 14.9 Å². The molecule has 4 rings (SSSR count). The Morgan fingerprint density at radius 2 is 1.95 bits per heavy atom. The van der Waals surface area contributed by atoms with Crippen LogP contribution in [0.15, 0.2) is 42.7 Å². The van der Waals surface area contributed by atoms with Crippen LogP contribution in [0.2, 0.25) is 5.02 Å². The number of halogens is 2. The molecule has 8 nitrogen and oxygen atoms in total. The minimum atomic E-state index is -0.601. The van der Waals surface area contributed by atoms with Gasteiger partial charge in [-0.1, -0.05) is 11.6 Å². The Bertz CT molecular complexity index is 1360. The number of hydrogen-bond donors (Lipinski definition) is 0. The summed E-state index contributed by atoms with van der Waals surface area (Å²) in [6.07, 6.45) is 4.45. The zero-order valence-electron chi connectivity index (χ0n) is 23.7. The molecular weight excluding hydrogens is 537 g/mol. The maximum Gasteiger partial charge on any atom is 0.323 e. The van der Waals surface area contributed by atoms with Gasteiger partial charge in [0.25, 0.3) is 0 Å². The van der Waals surface area contributed by atoms with E-state index in [0.717, 1.165) is 6.42 Å². The summed E-state index contributed by atoms with van der Waals surface area (Å²) in [6.45, 7) is 10.1. The summed E-state index contributed by atoms with van der Waals surface area (Å²) in [4.78, 5) is 23.4. The smallest absolute Gasteiger partial charge is 0.323 e. The molecule has 40 heavy (non-hydrogen) atoms. The average Bonchev–Trinajstić information content (AvgIpc) is 3.34. The summed E-state index contributed by atoms with van der Waals surface area (Å²) in [5.41, 5.74) is 0.981. The lowest BCUT2D eigenvalue weighted by Gasteiger charge is -2.27. The number of rotatable bonds is 9. The lowest BCUT2D eigenvalue weighted by Crippen LogP contribution is -2.40. The summed E-state index contributed by atoms with van der Waals surface area (Å²) < 4.78 is 38.5. The van der Waals surface area contributed by atoms with E-state index in [1.165, 1.54) is 19.4 Å². The fourth-order valence-corrected chi connectivity index (χ4v) is 4.75. The first-order valence-electron chi connectivity index (χ1n) is 13.2. The minimum absolute atomic E-state index is 0.103. The van der Waals surface area contributed by atoms with Gasteiger partial charge in [-0.25, -0.2) is 14.4 Å². The van der Waals surface area contributed by atoms with Gasteiger partial charge in [0.2, 0.25) is 11.8 Å². The zero-order chi connectivity index (χ0) is 29.0. The highest BCUT2D eigenvalue weighted by Gasteiger charge is 2.34. The molecular formula is C30H35ClFN3O5. The SMILES string of the molecule is COc1ncccc1-c1cc(CN2CCC[C@H]2C(=O)OC(C)(C)C)c(F)cc1Oc1cnc(OC(C)C)c(Cl)c1. The van der Waals surface area contributed by atoms with E-state index >= 15 is 4.39 Å². The molecule has 0 bridgehead atoms. The van der Waals surface area contributed by atoms with E-state index < -0.39 is 17.5 Å². The number of carbonyl (C=O) groups is 1. The summed E-state index contributed by atoms with van der Waals surface area (Å²) in [6, 6.07) is 7.74. The Labute approximate surface area is 239 Å². The first kappa shape index (κ1) is 29.6. The van der Waals surface area contributed by atoms with Crippen LogP contribution in [0, 0.1) is 5.82 Å². The number of benzene rings is 1. The molecule has 0 amide bonds. The topological polar surface area (TPSA) is 83.0 Å². The van der Waals surface area contributed by atoms with Crippen molar-refractivity contribution in [3.8, 4) is 34.4 Å². The van der Waals surface area contributed by atoms with E-state index in [2.05, 4.69) is 9.97 Å². The van der Waals surface area contributed by atoms with Crippen molar-refractivity contribution < 1.29 is 28.1 Å². The minimum Gasteiger partial charge on any atom is -0.481 e. The number of pyridine rings is 2. The molecule has 10 heteroatoms. The molecule has 3 aromatic rings. The van der Waals surface area contributed by atoms with Crippen LogP contribution in [0.1, 0.15) is 53.0 Å². The van der Waals surface area contributed by atoms with Crippen LogP contribution in [0.3, 0.4) is 0 Å². The lowest BCUT2D eigenvalue weighted by atomic mass is 10.0. The van der Waals surface area contributed by atoms with Crippen molar-refractivity contribution >= 4 is 17.6 Å². The van der Waals surface area contributed by atoms with Crippen LogP contribution in [0.4, 0.5) is 4.39 Å². The number of ether oxygens (including phenoxy) is 4. The Balaban J connectivity index is 1.70. The number of likely N-dealkylation sites (tertiary alicyclic amines) is 1. The number of aromatic nitrogens is 2. The van der Waals surface area contributed by atoms with Crippen LogP contribution in [-0.2, 0) is 16.1 Å². The Kier molecular flexibility index (Phi) is 9.15. The quantitative estimate of drug-likeness (QED) is 0.258. The van der Waals surface area contributed by atoms with Crippen LogP contribution >= 0.6 is 11.6 Å². The van der Waals surface area contributed by atoms with Crippen molar-refractivity contribution in [3.63, 3.8) is 0 Å². The van der Waals surface area contributed by atoms with Crippen molar-refractivity contribution in [3.05, 3.63) is 59.1 Å². The highest BCUT2D eigenvalue weighted by atomic mass is 35.5. The van der Waals surface area contributed by atoms with Gasteiger partial charge < -0.3 is 18.9 Å². The van der Waals surface area contributed by atoms with Gasteiger partial charge >= 0.3 is 5.97 Å². The monoisotopic (exact) mass is 571 g/mol. The van der Waals surface area contributed by atoms with Crippen LogP contribution < -0.4 is 14.2 Å². The molecule has 0 aliphatic carbocycles. The van der Waals surface area contributed by atoms with Crippen molar-refractivity contribution in [2.45, 2.75) is 71.8 Å². The number of nitrogens with zero attached hydrogens (tertiary/aromatic N) is 3. The van der Waals surface area contributed by atoms with Crippen molar-refractivity contribution in [2.24, 2.45) is 0 Å². The molecule has 0 N–H and O–H groups in total. The molecule has 0 unspecified atom stereocenters.